The van der Waals surface area contributed by atoms with Crippen LogP contribution in [0.4, 0.5) is 5.82 Å². The van der Waals surface area contributed by atoms with E-state index < -0.39 is 5.41 Å². The van der Waals surface area contributed by atoms with Crippen LogP contribution >= 0.6 is 34.8 Å². The van der Waals surface area contributed by atoms with Gasteiger partial charge in [0.15, 0.2) is 5.82 Å². The summed E-state index contributed by atoms with van der Waals surface area (Å²) in [5, 5.41) is 13.4. The van der Waals surface area contributed by atoms with Gasteiger partial charge in [-0.25, -0.2) is 9.67 Å². The zero-order chi connectivity index (χ0) is 22.8. The smallest absolute Gasteiger partial charge is 0.242 e. The van der Waals surface area contributed by atoms with E-state index in [2.05, 4.69) is 20.5 Å². The molecular weight excluding hydrogens is 483 g/mol. The Bertz CT molecular complexity index is 1220. The molecule has 0 radical (unpaired) electrons. The van der Waals surface area contributed by atoms with E-state index in [0.717, 1.165) is 37.7 Å². The lowest BCUT2D eigenvalue weighted by molar-refractivity contribution is -0.150. The average molecular weight is 506 g/mol. The predicted octanol–water partition coefficient (Wildman–Crippen LogP) is 5.42. The molecule has 1 aromatic carbocycles. The van der Waals surface area contributed by atoms with Crippen LogP contribution < -0.4 is 5.32 Å². The van der Waals surface area contributed by atoms with Crippen molar-refractivity contribution in [2.45, 2.75) is 50.6 Å². The average Bonchev–Trinajstić information content (AvgIpc) is 3.39. The van der Waals surface area contributed by atoms with Gasteiger partial charge in [-0.05, 0) is 79.7 Å². The number of amides is 1. The van der Waals surface area contributed by atoms with Gasteiger partial charge in [0.25, 0.3) is 0 Å². The van der Waals surface area contributed by atoms with Crippen molar-refractivity contribution in [3.8, 4) is 0 Å². The van der Waals surface area contributed by atoms with Gasteiger partial charge in [0.05, 0.1) is 27.5 Å². The van der Waals surface area contributed by atoms with Crippen LogP contribution in [0.2, 0.25) is 15.3 Å². The lowest BCUT2D eigenvalue weighted by Gasteiger charge is -2.60. The second kappa shape index (κ2) is 7.72. The van der Waals surface area contributed by atoms with Crippen molar-refractivity contribution in [1.29, 1.82) is 0 Å². The van der Waals surface area contributed by atoms with Gasteiger partial charge >= 0.3 is 0 Å². The first kappa shape index (κ1) is 21.4. The van der Waals surface area contributed by atoms with E-state index in [9.17, 15) is 4.79 Å². The summed E-state index contributed by atoms with van der Waals surface area (Å²) in [7, 11) is 0. The highest BCUT2D eigenvalue weighted by atomic mass is 35.5. The summed E-state index contributed by atoms with van der Waals surface area (Å²) in [5.74, 6) is 1.67. The molecule has 1 N–H and O–H groups in total. The molecule has 4 bridgehead atoms. The maximum Gasteiger partial charge on any atom is 0.242 e. The Kier molecular flexibility index (Phi) is 5.02. The van der Waals surface area contributed by atoms with E-state index in [0.29, 0.717) is 34.2 Å². The molecule has 0 spiro atoms. The molecule has 0 aliphatic heterocycles. The van der Waals surface area contributed by atoms with Gasteiger partial charge in [-0.15, -0.1) is 5.10 Å². The van der Waals surface area contributed by atoms with Gasteiger partial charge in [-0.2, -0.15) is 5.10 Å². The van der Waals surface area contributed by atoms with Crippen LogP contribution in [-0.4, -0.2) is 30.5 Å². The van der Waals surface area contributed by atoms with Crippen LogP contribution in [0.1, 0.15) is 44.1 Å². The van der Waals surface area contributed by atoms with E-state index >= 15 is 0 Å². The minimum atomic E-state index is -0.407. The molecule has 3 aromatic rings. The molecule has 10 heteroatoms. The van der Waals surface area contributed by atoms with Gasteiger partial charge in [-0.1, -0.05) is 29.3 Å². The van der Waals surface area contributed by atoms with E-state index in [4.69, 9.17) is 34.8 Å². The zero-order valence-corrected chi connectivity index (χ0v) is 20.1. The fourth-order valence-corrected chi connectivity index (χ4v) is 7.26. The second-order valence-corrected chi connectivity index (χ2v) is 11.2. The van der Waals surface area contributed by atoms with Crippen molar-refractivity contribution in [3.63, 3.8) is 0 Å². The standard InChI is InChI=1S/C23H23Cl3N6O/c24-17-2-1-14(6-18(17)25)11-31-4-3-19(29-31)28-20(33)22-7-15-5-16(8-22)10-23(9-15,12-22)32-13-27-21(26)30-32/h1-4,6,13,15-16H,5,7-12H2,(H,28,29,33). The van der Waals surface area contributed by atoms with E-state index in [1.807, 2.05) is 29.1 Å². The zero-order valence-electron chi connectivity index (χ0n) is 17.8. The van der Waals surface area contributed by atoms with Gasteiger partial charge in [0, 0.05) is 12.3 Å². The summed E-state index contributed by atoms with van der Waals surface area (Å²) >= 11 is 18.2. The number of hydrogen-bond donors (Lipinski definition) is 1. The largest absolute Gasteiger partial charge is 0.309 e. The summed E-state index contributed by atoms with van der Waals surface area (Å²) in [5.41, 5.74) is 0.407. The lowest BCUT2D eigenvalue weighted by Crippen LogP contribution is -2.60. The van der Waals surface area contributed by atoms with Crippen molar-refractivity contribution in [2.24, 2.45) is 17.3 Å². The Labute approximate surface area is 206 Å². The molecule has 0 saturated heterocycles. The van der Waals surface area contributed by atoms with Crippen LogP contribution in [0.15, 0.2) is 36.8 Å². The fourth-order valence-electron chi connectivity index (χ4n) is 6.81. The highest BCUT2D eigenvalue weighted by molar-refractivity contribution is 6.42. The third-order valence-electron chi connectivity index (χ3n) is 7.67. The third-order valence-corrected chi connectivity index (χ3v) is 8.58. The Balaban J connectivity index is 1.21. The molecule has 4 fully saturated rings. The van der Waals surface area contributed by atoms with Gasteiger partial charge in [0.2, 0.25) is 11.2 Å². The molecule has 4 aliphatic carbocycles. The number of nitrogens with one attached hydrogen (secondary N) is 1. The van der Waals surface area contributed by atoms with Crippen LogP contribution in [0, 0.1) is 17.3 Å². The van der Waals surface area contributed by atoms with Crippen LogP contribution in [0.5, 0.6) is 0 Å². The number of nitrogens with zero attached hydrogens (tertiary/aromatic N) is 5. The maximum atomic E-state index is 13.6. The monoisotopic (exact) mass is 504 g/mol. The number of halogens is 3. The number of hydrogen-bond acceptors (Lipinski definition) is 4. The van der Waals surface area contributed by atoms with Gasteiger partial charge in [0.1, 0.15) is 6.33 Å². The van der Waals surface area contributed by atoms with Crippen LogP contribution in [-0.2, 0) is 16.9 Å². The topological polar surface area (TPSA) is 77.6 Å². The maximum absolute atomic E-state index is 13.6. The molecule has 4 saturated carbocycles. The number of benzene rings is 1. The Morgan fingerprint density at radius 1 is 1.06 bits per heavy atom. The number of aromatic nitrogens is 5. The number of carbonyl (C=O) groups excluding carboxylic acids is 1. The van der Waals surface area contributed by atoms with Crippen molar-refractivity contribution < 1.29 is 4.79 Å². The molecule has 7 rings (SSSR count). The van der Waals surface area contributed by atoms with Gasteiger partial charge < -0.3 is 5.32 Å². The summed E-state index contributed by atoms with van der Waals surface area (Å²) < 4.78 is 3.72. The quantitative estimate of drug-likeness (QED) is 0.502. The first-order chi connectivity index (χ1) is 15.8. The summed E-state index contributed by atoms with van der Waals surface area (Å²) in [4.78, 5) is 17.8. The number of carbonyl (C=O) groups is 1. The number of anilines is 1. The molecular formula is C23H23Cl3N6O. The van der Waals surface area contributed by atoms with E-state index in [1.165, 1.54) is 6.42 Å². The van der Waals surface area contributed by atoms with Crippen LogP contribution in [0.25, 0.3) is 0 Å². The van der Waals surface area contributed by atoms with Crippen molar-refractivity contribution in [3.05, 3.63) is 57.7 Å². The fraction of sp³-hybridized carbons (Fsp3) is 0.478. The molecule has 1 amide bonds. The van der Waals surface area contributed by atoms with E-state index in [1.54, 1.807) is 17.1 Å². The van der Waals surface area contributed by atoms with Crippen molar-refractivity contribution in [2.75, 3.05) is 5.32 Å². The summed E-state index contributed by atoms with van der Waals surface area (Å²) in [6, 6.07) is 7.36. The van der Waals surface area contributed by atoms with Gasteiger partial charge in [-0.3, -0.25) is 9.48 Å². The minimum Gasteiger partial charge on any atom is -0.309 e. The summed E-state index contributed by atoms with van der Waals surface area (Å²) in [6.45, 7) is 0.540. The molecule has 2 atom stereocenters. The molecule has 4 aliphatic rings. The Morgan fingerprint density at radius 2 is 1.85 bits per heavy atom. The minimum absolute atomic E-state index is 0.0620. The SMILES string of the molecule is O=C(Nc1ccn(Cc2ccc(Cl)c(Cl)c2)n1)C12CC3CC(C1)CC(n1cnc(Cl)n1)(C3)C2. The molecule has 2 aromatic heterocycles. The summed E-state index contributed by atoms with van der Waals surface area (Å²) in [6.07, 6.45) is 9.46. The molecule has 33 heavy (non-hydrogen) atoms. The first-order valence-electron chi connectivity index (χ1n) is 11.2. The molecule has 2 unspecified atom stereocenters. The molecule has 2 heterocycles. The highest BCUT2D eigenvalue weighted by Crippen LogP contribution is 2.64. The van der Waals surface area contributed by atoms with Crippen LogP contribution in [0.3, 0.4) is 0 Å². The van der Waals surface area contributed by atoms with E-state index in [-0.39, 0.29) is 16.7 Å². The third kappa shape index (κ3) is 3.74. The Morgan fingerprint density at radius 3 is 2.55 bits per heavy atom. The lowest BCUT2D eigenvalue weighted by atomic mass is 9.46. The normalized spacial score (nSPS) is 30.0. The van der Waals surface area contributed by atoms with Crippen molar-refractivity contribution >= 4 is 46.5 Å². The highest BCUT2D eigenvalue weighted by Gasteiger charge is 2.61. The second-order valence-electron chi connectivity index (χ2n) is 10.0. The Hall–Kier alpha value is -2.09. The van der Waals surface area contributed by atoms with Crippen molar-refractivity contribution in [1.82, 2.24) is 24.5 Å². The molecule has 172 valence electrons. The molecule has 7 nitrogen and oxygen atoms in total. The predicted molar refractivity (Wildman–Crippen MR) is 127 cm³/mol. The first-order valence-corrected chi connectivity index (χ1v) is 12.3. The number of rotatable bonds is 5.